The van der Waals surface area contributed by atoms with Crippen LogP contribution < -0.4 is 5.56 Å². The number of aromatic nitrogens is 1. The SMILES string of the molecule is Cc1cc(C)n(C)c(=O)c1CBr. The van der Waals surface area contributed by atoms with Crippen LogP contribution in [0.4, 0.5) is 0 Å². The molecule has 66 valence electrons. The molecule has 0 aliphatic carbocycles. The maximum Gasteiger partial charge on any atom is 0.254 e. The molecule has 1 aromatic heterocycles. The van der Waals surface area contributed by atoms with Gasteiger partial charge in [-0.2, -0.15) is 0 Å². The third kappa shape index (κ3) is 1.46. The van der Waals surface area contributed by atoms with Crippen molar-refractivity contribution in [3.63, 3.8) is 0 Å². The molecule has 0 bridgehead atoms. The summed E-state index contributed by atoms with van der Waals surface area (Å²) in [4.78, 5) is 11.6. The fraction of sp³-hybridized carbons (Fsp3) is 0.444. The molecule has 1 heterocycles. The maximum absolute atomic E-state index is 11.6. The highest BCUT2D eigenvalue weighted by Gasteiger charge is 2.05. The van der Waals surface area contributed by atoms with E-state index in [4.69, 9.17) is 0 Å². The first kappa shape index (κ1) is 9.52. The van der Waals surface area contributed by atoms with Crippen LogP contribution in [0, 0.1) is 13.8 Å². The fourth-order valence-corrected chi connectivity index (χ4v) is 1.87. The Bertz CT molecular complexity index is 354. The van der Waals surface area contributed by atoms with Gasteiger partial charge in [0.25, 0.3) is 5.56 Å². The summed E-state index contributed by atoms with van der Waals surface area (Å²) in [5, 5.41) is 0.631. The summed E-state index contributed by atoms with van der Waals surface area (Å²) in [6.07, 6.45) is 0. The van der Waals surface area contributed by atoms with Gasteiger partial charge in [-0.3, -0.25) is 4.79 Å². The van der Waals surface area contributed by atoms with Crippen LogP contribution in [0.3, 0.4) is 0 Å². The molecule has 1 rings (SSSR count). The van der Waals surface area contributed by atoms with Gasteiger partial charge in [0.15, 0.2) is 0 Å². The molecule has 12 heavy (non-hydrogen) atoms. The Kier molecular flexibility index (Phi) is 2.73. The van der Waals surface area contributed by atoms with E-state index in [9.17, 15) is 4.79 Å². The average Bonchev–Trinajstić information content (AvgIpc) is 2.01. The summed E-state index contributed by atoms with van der Waals surface area (Å²) in [7, 11) is 1.79. The molecule has 0 saturated carbocycles. The fourth-order valence-electron chi connectivity index (χ4n) is 1.19. The van der Waals surface area contributed by atoms with Crippen molar-refractivity contribution in [3.05, 3.63) is 33.2 Å². The van der Waals surface area contributed by atoms with Crippen LogP contribution in [-0.2, 0) is 12.4 Å². The highest BCUT2D eigenvalue weighted by molar-refractivity contribution is 9.08. The van der Waals surface area contributed by atoms with Crippen LogP contribution >= 0.6 is 15.9 Å². The van der Waals surface area contributed by atoms with Gasteiger partial charge in [-0.15, -0.1) is 0 Å². The van der Waals surface area contributed by atoms with Gasteiger partial charge in [0.2, 0.25) is 0 Å². The van der Waals surface area contributed by atoms with Crippen molar-refractivity contribution in [2.24, 2.45) is 7.05 Å². The molecule has 0 fully saturated rings. The van der Waals surface area contributed by atoms with Crippen molar-refractivity contribution in [1.82, 2.24) is 4.57 Å². The topological polar surface area (TPSA) is 22.0 Å². The van der Waals surface area contributed by atoms with Crippen LogP contribution in [0.2, 0.25) is 0 Å². The Labute approximate surface area is 80.3 Å². The van der Waals surface area contributed by atoms with Crippen LogP contribution in [-0.4, -0.2) is 4.57 Å². The standard InChI is InChI=1S/C9H12BrNO/c1-6-4-7(2)11(3)9(12)8(6)5-10/h4H,5H2,1-3H3. The Hall–Kier alpha value is -0.570. The van der Waals surface area contributed by atoms with E-state index in [-0.39, 0.29) is 5.56 Å². The zero-order valence-corrected chi connectivity index (χ0v) is 9.10. The normalized spacial score (nSPS) is 10.3. The minimum Gasteiger partial charge on any atom is -0.316 e. The average molecular weight is 230 g/mol. The van der Waals surface area contributed by atoms with Gasteiger partial charge in [0.1, 0.15) is 0 Å². The molecule has 0 unspecified atom stereocenters. The molecule has 0 radical (unpaired) electrons. The van der Waals surface area contributed by atoms with Crippen molar-refractivity contribution < 1.29 is 0 Å². The van der Waals surface area contributed by atoms with E-state index in [0.29, 0.717) is 5.33 Å². The third-order valence-corrected chi connectivity index (χ3v) is 2.69. The molecule has 0 amide bonds. The van der Waals surface area contributed by atoms with Gasteiger partial charge < -0.3 is 4.57 Å². The molecule has 3 heteroatoms. The molecule has 0 aliphatic rings. The summed E-state index contributed by atoms with van der Waals surface area (Å²) in [5.41, 5.74) is 3.02. The van der Waals surface area contributed by atoms with Crippen molar-refractivity contribution in [2.75, 3.05) is 0 Å². The van der Waals surface area contributed by atoms with Gasteiger partial charge in [0.05, 0.1) is 0 Å². The van der Waals surface area contributed by atoms with Gasteiger partial charge in [-0.05, 0) is 25.5 Å². The van der Waals surface area contributed by atoms with Crippen molar-refractivity contribution in [1.29, 1.82) is 0 Å². The van der Waals surface area contributed by atoms with Crippen molar-refractivity contribution in [3.8, 4) is 0 Å². The highest BCUT2D eigenvalue weighted by atomic mass is 79.9. The Balaban J connectivity index is 3.52. The number of rotatable bonds is 1. The van der Waals surface area contributed by atoms with E-state index in [2.05, 4.69) is 15.9 Å². The van der Waals surface area contributed by atoms with Crippen LogP contribution in [0.1, 0.15) is 16.8 Å². The number of hydrogen-bond donors (Lipinski definition) is 0. The van der Waals surface area contributed by atoms with Gasteiger partial charge >= 0.3 is 0 Å². The van der Waals surface area contributed by atoms with Gasteiger partial charge in [-0.1, -0.05) is 15.9 Å². The summed E-state index contributed by atoms with van der Waals surface area (Å²) in [5.74, 6) is 0. The summed E-state index contributed by atoms with van der Waals surface area (Å²) >= 11 is 3.30. The predicted octanol–water partition coefficient (Wildman–Crippen LogP) is 1.90. The van der Waals surface area contributed by atoms with E-state index in [1.54, 1.807) is 11.6 Å². The zero-order chi connectivity index (χ0) is 9.30. The number of aryl methyl sites for hydroxylation is 2. The molecule has 0 saturated heterocycles. The monoisotopic (exact) mass is 229 g/mol. The van der Waals surface area contributed by atoms with E-state index < -0.39 is 0 Å². The maximum atomic E-state index is 11.6. The molecule has 0 aromatic carbocycles. The smallest absolute Gasteiger partial charge is 0.254 e. The number of halogens is 1. The minimum absolute atomic E-state index is 0.101. The number of hydrogen-bond acceptors (Lipinski definition) is 1. The first-order chi connectivity index (χ1) is 5.57. The lowest BCUT2D eigenvalue weighted by molar-refractivity contribution is 0.802. The first-order valence-corrected chi connectivity index (χ1v) is 4.92. The molecular weight excluding hydrogens is 218 g/mol. The summed E-state index contributed by atoms with van der Waals surface area (Å²) in [6.45, 7) is 3.90. The van der Waals surface area contributed by atoms with Crippen LogP contribution in [0.5, 0.6) is 0 Å². The Morgan fingerprint density at radius 1 is 1.50 bits per heavy atom. The molecule has 2 nitrogen and oxygen atoms in total. The second-order valence-corrected chi connectivity index (χ2v) is 3.51. The Morgan fingerprint density at radius 2 is 2.08 bits per heavy atom. The molecule has 0 spiro atoms. The molecule has 0 aliphatic heterocycles. The first-order valence-electron chi connectivity index (χ1n) is 3.80. The van der Waals surface area contributed by atoms with E-state index in [0.717, 1.165) is 16.8 Å². The van der Waals surface area contributed by atoms with E-state index in [1.165, 1.54) is 0 Å². The second kappa shape index (κ2) is 3.44. The second-order valence-electron chi connectivity index (χ2n) is 2.95. The van der Waals surface area contributed by atoms with Crippen LogP contribution in [0.25, 0.3) is 0 Å². The Morgan fingerprint density at radius 3 is 2.58 bits per heavy atom. The summed E-state index contributed by atoms with van der Waals surface area (Å²) < 4.78 is 1.67. The van der Waals surface area contributed by atoms with Gasteiger partial charge in [-0.25, -0.2) is 0 Å². The van der Waals surface area contributed by atoms with Gasteiger partial charge in [0, 0.05) is 23.6 Å². The third-order valence-electron chi connectivity index (χ3n) is 2.13. The number of nitrogens with zero attached hydrogens (tertiary/aromatic N) is 1. The lowest BCUT2D eigenvalue weighted by Gasteiger charge is -2.07. The predicted molar refractivity (Wildman–Crippen MR) is 53.8 cm³/mol. The molecule has 0 N–H and O–H groups in total. The van der Waals surface area contributed by atoms with Crippen LogP contribution in [0.15, 0.2) is 10.9 Å². The summed E-state index contributed by atoms with van der Waals surface area (Å²) in [6, 6.07) is 2.03. The molecular formula is C9H12BrNO. The van der Waals surface area contributed by atoms with Crippen molar-refractivity contribution >= 4 is 15.9 Å². The lowest BCUT2D eigenvalue weighted by atomic mass is 10.1. The number of pyridine rings is 1. The minimum atomic E-state index is 0.101. The highest BCUT2D eigenvalue weighted by Crippen LogP contribution is 2.08. The largest absolute Gasteiger partial charge is 0.316 e. The number of alkyl halides is 1. The van der Waals surface area contributed by atoms with Crippen molar-refractivity contribution in [2.45, 2.75) is 19.2 Å². The van der Waals surface area contributed by atoms with E-state index in [1.807, 2.05) is 19.9 Å². The quantitative estimate of drug-likeness (QED) is 0.675. The molecule has 1 aromatic rings. The van der Waals surface area contributed by atoms with E-state index >= 15 is 0 Å². The lowest BCUT2D eigenvalue weighted by Crippen LogP contribution is -2.23. The zero-order valence-electron chi connectivity index (χ0n) is 7.52. The molecule has 0 atom stereocenters.